The third-order valence-electron chi connectivity index (χ3n) is 3.81. The van der Waals surface area contributed by atoms with E-state index in [0.717, 1.165) is 27.0 Å². The topological polar surface area (TPSA) is 85.9 Å². The van der Waals surface area contributed by atoms with E-state index in [4.69, 9.17) is 0 Å². The quantitative estimate of drug-likeness (QED) is 0.388. The van der Waals surface area contributed by atoms with Crippen molar-refractivity contribution in [2.45, 2.75) is 6.92 Å². The Morgan fingerprint density at radius 2 is 2.16 bits per heavy atom. The zero-order valence-electron chi connectivity index (χ0n) is 13.4. The Kier molecular flexibility index (Phi) is 3.91. The van der Waals surface area contributed by atoms with Crippen molar-refractivity contribution < 1.29 is 4.79 Å². The fourth-order valence-electron chi connectivity index (χ4n) is 2.56. The predicted octanol–water partition coefficient (Wildman–Crippen LogP) is 3.69. The molecule has 0 saturated carbocycles. The van der Waals surface area contributed by atoms with Crippen LogP contribution in [0.1, 0.15) is 20.9 Å². The Balaban J connectivity index is 1.46. The summed E-state index contributed by atoms with van der Waals surface area (Å²) in [6.45, 7) is 2.04. The van der Waals surface area contributed by atoms with E-state index >= 15 is 0 Å². The number of para-hydroxylation sites is 1. The van der Waals surface area contributed by atoms with Gasteiger partial charge in [-0.2, -0.15) is 10.2 Å². The third kappa shape index (κ3) is 3.09. The van der Waals surface area contributed by atoms with Crippen LogP contribution in [-0.2, 0) is 0 Å². The number of carbonyl (C=O) groups is 1. The van der Waals surface area contributed by atoms with Crippen LogP contribution in [0.2, 0.25) is 0 Å². The molecule has 25 heavy (non-hydrogen) atoms. The predicted molar refractivity (Wildman–Crippen MR) is 100.0 cm³/mol. The average Bonchev–Trinajstić information content (AvgIpc) is 3.34. The Morgan fingerprint density at radius 1 is 1.28 bits per heavy atom. The van der Waals surface area contributed by atoms with Crippen molar-refractivity contribution in [2.24, 2.45) is 5.10 Å². The number of carbonyl (C=O) groups excluding carboxylic acids is 1. The number of aromatic nitrogens is 3. The molecule has 0 aliphatic heterocycles. The van der Waals surface area contributed by atoms with Crippen molar-refractivity contribution in [3.05, 3.63) is 64.8 Å². The number of hydrazone groups is 1. The minimum atomic E-state index is -0.355. The Hall–Kier alpha value is -3.19. The van der Waals surface area contributed by atoms with Crippen molar-refractivity contribution in [2.75, 3.05) is 0 Å². The Labute approximate surface area is 147 Å². The number of thiophene rings is 1. The van der Waals surface area contributed by atoms with Gasteiger partial charge in [-0.25, -0.2) is 5.43 Å². The molecule has 0 atom stereocenters. The van der Waals surface area contributed by atoms with E-state index in [1.54, 1.807) is 23.6 Å². The molecule has 3 aromatic heterocycles. The van der Waals surface area contributed by atoms with E-state index in [9.17, 15) is 4.79 Å². The second-order valence-electron chi connectivity index (χ2n) is 5.57. The lowest BCUT2D eigenvalue weighted by molar-refractivity contribution is 0.0950. The van der Waals surface area contributed by atoms with E-state index in [0.29, 0.717) is 5.69 Å². The minimum Gasteiger partial charge on any atom is -0.361 e. The number of benzene rings is 1. The first kappa shape index (κ1) is 15.3. The summed E-state index contributed by atoms with van der Waals surface area (Å²) in [5.74, 6) is -0.355. The molecule has 1 amide bonds. The van der Waals surface area contributed by atoms with Crippen molar-refractivity contribution in [3.63, 3.8) is 0 Å². The van der Waals surface area contributed by atoms with Gasteiger partial charge in [0.05, 0.1) is 16.8 Å². The molecule has 0 fully saturated rings. The molecule has 124 valence electrons. The summed E-state index contributed by atoms with van der Waals surface area (Å²) in [4.78, 5) is 17.6. The van der Waals surface area contributed by atoms with Gasteiger partial charge in [-0.1, -0.05) is 18.2 Å². The summed E-state index contributed by atoms with van der Waals surface area (Å²) in [6, 6.07) is 13.7. The zero-order valence-corrected chi connectivity index (χ0v) is 14.2. The number of nitrogens with one attached hydrogen (secondary N) is 3. The van der Waals surface area contributed by atoms with Crippen molar-refractivity contribution >= 4 is 34.4 Å². The van der Waals surface area contributed by atoms with Crippen LogP contribution in [0.3, 0.4) is 0 Å². The highest BCUT2D eigenvalue weighted by Gasteiger charge is 2.11. The van der Waals surface area contributed by atoms with E-state index < -0.39 is 0 Å². The molecular formula is C18H15N5OS. The van der Waals surface area contributed by atoms with E-state index in [-0.39, 0.29) is 5.91 Å². The average molecular weight is 349 g/mol. The number of amides is 1. The first-order valence-corrected chi connectivity index (χ1v) is 8.54. The van der Waals surface area contributed by atoms with Gasteiger partial charge < -0.3 is 4.98 Å². The van der Waals surface area contributed by atoms with Gasteiger partial charge in [0.1, 0.15) is 0 Å². The largest absolute Gasteiger partial charge is 0.361 e. The number of H-pyrrole nitrogens is 2. The van der Waals surface area contributed by atoms with Gasteiger partial charge in [-0.05, 0) is 31.2 Å². The van der Waals surface area contributed by atoms with Gasteiger partial charge in [-0.15, -0.1) is 11.3 Å². The number of aromatic amines is 2. The van der Waals surface area contributed by atoms with Crippen LogP contribution in [-0.4, -0.2) is 27.3 Å². The fraction of sp³-hybridized carbons (Fsp3) is 0.0556. The molecule has 4 aromatic rings. The Bertz CT molecular complexity index is 1070. The van der Waals surface area contributed by atoms with E-state index in [1.165, 1.54) is 4.88 Å². The van der Waals surface area contributed by atoms with Crippen LogP contribution in [0.25, 0.3) is 21.5 Å². The van der Waals surface area contributed by atoms with Crippen molar-refractivity contribution in [1.82, 2.24) is 20.6 Å². The standard InChI is InChI=1S/C18H15N5OS/c1-11-6-7-17(25-11)15-8-16(22-21-15)18(24)23-20-10-12-9-19-14-5-3-2-4-13(12)14/h2-10,19H,1H3,(H,21,22)(H,23,24)/b20-10-. The number of hydrogen-bond acceptors (Lipinski definition) is 4. The molecule has 0 aliphatic rings. The number of fused-ring (bicyclic) bond motifs is 1. The molecule has 0 spiro atoms. The summed E-state index contributed by atoms with van der Waals surface area (Å²) < 4.78 is 0. The zero-order chi connectivity index (χ0) is 17.2. The summed E-state index contributed by atoms with van der Waals surface area (Å²) in [6.07, 6.45) is 3.47. The molecular weight excluding hydrogens is 334 g/mol. The monoisotopic (exact) mass is 349 g/mol. The second kappa shape index (κ2) is 6.37. The molecule has 0 aliphatic carbocycles. The molecule has 4 rings (SSSR count). The summed E-state index contributed by atoms with van der Waals surface area (Å²) in [7, 11) is 0. The van der Waals surface area contributed by atoms with Gasteiger partial charge >= 0.3 is 0 Å². The maximum absolute atomic E-state index is 12.2. The van der Waals surface area contributed by atoms with Crippen LogP contribution in [0, 0.1) is 6.92 Å². The van der Waals surface area contributed by atoms with Gasteiger partial charge in [0.25, 0.3) is 5.91 Å². The van der Waals surface area contributed by atoms with Gasteiger partial charge in [0.2, 0.25) is 0 Å². The molecule has 6 nitrogen and oxygen atoms in total. The van der Waals surface area contributed by atoms with Crippen molar-refractivity contribution in [3.8, 4) is 10.6 Å². The van der Waals surface area contributed by atoms with Crippen LogP contribution in [0.15, 0.2) is 53.8 Å². The summed E-state index contributed by atoms with van der Waals surface area (Å²) in [5.41, 5.74) is 5.57. The van der Waals surface area contributed by atoms with Crippen LogP contribution in [0.5, 0.6) is 0 Å². The van der Waals surface area contributed by atoms with Gasteiger partial charge in [-0.3, -0.25) is 9.89 Å². The number of rotatable bonds is 4. The molecule has 3 heterocycles. The minimum absolute atomic E-state index is 0.303. The van der Waals surface area contributed by atoms with Gasteiger partial charge in [0.15, 0.2) is 5.69 Å². The fourth-order valence-corrected chi connectivity index (χ4v) is 3.40. The lowest BCUT2D eigenvalue weighted by atomic mass is 10.2. The SMILES string of the molecule is Cc1ccc(-c2cc(C(=O)N/N=C\c3c[nH]c4ccccc34)n[nH]2)s1. The molecule has 3 N–H and O–H groups in total. The number of nitrogens with zero attached hydrogens (tertiary/aromatic N) is 2. The molecule has 0 radical (unpaired) electrons. The van der Waals surface area contributed by atoms with Crippen LogP contribution in [0.4, 0.5) is 0 Å². The molecule has 1 aromatic carbocycles. The highest BCUT2D eigenvalue weighted by atomic mass is 32.1. The third-order valence-corrected chi connectivity index (χ3v) is 4.84. The number of aryl methyl sites for hydroxylation is 1. The molecule has 7 heteroatoms. The smallest absolute Gasteiger partial charge is 0.291 e. The maximum Gasteiger partial charge on any atom is 0.291 e. The summed E-state index contributed by atoms with van der Waals surface area (Å²) >= 11 is 1.65. The van der Waals surface area contributed by atoms with Crippen LogP contribution >= 0.6 is 11.3 Å². The van der Waals surface area contributed by atoms with E-state index in [2.05, 4.69) is 25.7 Å². The second-order valence-corrected chi connectivity index (χ2v) is 6.85. The van der Waals surface area contributed by atoms with Gasteiger partial charge in [0, 0.05) is 27.5 Å². The Morgan fingerprint density at radius 3 is 3.00 bits per heavy atom. The van der Waals surface area contributed by atoms with Crippen LogP contribution < -0.4 is 5.43 Å². The maximum atomic E-state index is 12.2. The first-order chi connectivity index (χ1) is 12.2. The van der Waals surface area contributed by atoms with E-state index in [1.807, 2.05) is 49.5 Å². The lowest BCUT2D eigenvalue weighted by Gasteiger charge is -1.94. The highest BCUT2D eigenvalue weighted by molar-refractivity contribution is 7.15. The normalized spacial score (nSPS) is 11.4. The molecule has 0 bridgehead atoms. The molecule has 0 saturated heterocycles. The highest BCUT2D eigenvalue weighted by Crippen LogP contribution is 2.26. The lowest BCUT2D eigenvalue weighted by Crippen LogP contribution is -2.17. The first-order valence-electron chi connectivity index (χ1n) is 7.72. The molecule has 0 unspecified atom stereocenters. The van der Waals surface area contributed by atoms with Crippen molar-refractivity contribution in [1.29, 1.82) is 0 Å². The number of hydrogen-bond donors (Lipinski definition) is 3. The summed E-state index contributed by atoms with van der Waals surface area (Å²) in [5, 5.41) is 12.0.